The van der Waals surface area contributed by atoms with Crippen LogP contribution in [0.1, 0.15) is 13.8 Å². The Morgan fingerprint density at radius 2 is 1.88 bits per heavy atom. The Balaban J connectivity index is 1.95. The van der Waals surface area contributed by atoms with Crippen LogP contribution in [0.25, 0.3) is 22.0 Å². The first-order chi connectivity index (χ1) is 15.8. The number of halogens is 2. The predicted octanol–water partition coefficient (Wildman–Crippen LogP) is 5.60. The van der Waals surface area contributed by atoms with E-state index in [1.807, 2.05) is 6.92 Å². The number of carbonyl (C=O) groups excluding carboxylic acids is 1. The molecular weight excluding hydrogens is 448 g/mol. The minimum Gasteiger partial charge on any atom is -0.454 e. The Morgan fingerprint density at radius 1 is 1.12 bits per heavy atom. The highest BCUT2D eigenvalue weighted by Crippen LogP contribution is 2.39. The Morgan fingerprint density at radius 3 is 2.58 bits per heavy atom. The SMILES string of the molecule is CCS(=Nc1ccc(Oc2ccc(F)cc2F)c(-c2cn(C)c(=O)c3[nH]ccc23)c1)C(C)=O. The van der Waals surface area contributed by atoms with Gasteiger partial charge in [0.1, 0.15) is 17.1 Å². The van der Waals surface area contributed by atoms with Crippen LogP contribution < -0.4 is 10.3 Å². The van der Waals surface area contributed by atoms with Crippen LogP contribution >= 0.6 is 0 Å². The lowest BCUT2D eigenvalue weighted by molar-refractivity contribution is -0.109. The van der Waals surface area contributed by atoms with Crippen LogP contribution in [0.5, 0.6) is 11.5 Å². The maximum absolute atomic E-state index is 14.3. The first kappa shape index (κ1) is 22.6. The van der Waals surface area contributed by atoms with Gasteiger partial charge >= 0.3 is 0 Å². The molecule has 6 nitrogen and oxygen atoms in total. The van der Waals surface area contributed by atoms with Gasteiger partial charge in [-0.25, -0.2) is 13.1 Å². The number of fused-ring (bicyclic) bond motifs is 1. The standard InChI is InChI=1S/C24H21F2N3O3S/c1-4-33(14(2)30)28-16-6-8-21(32-22-7-5-15(25)11-20(22)26)18(12-16)19-13-29(3)24(31)23-17(19)9-10-27-23/h5-13,27H,4H2,1-3H3. The van der Waals surface area contributed by atoms with E-state index >= 15 is 0 Å². The second-order valence-corrected chi connectivity index (χ2v) is 9.38. The number of aryl methyl sites for hydroxylation is 1. The Bertz CT molecular complexity index is 1470. The molecule has 0 fully saturated rings. The van der Waals surface area contributed by atoms with E-state index in [-0.39, 0.29) is 16.4 Å². The van der Waals surface area contributed by atoms with Gasteiger partial charge in [0.15, 0.2) is 16.7 Å². The lowest BCUT2D eigenvalue weighted by atomic mass is 10.0. The first-order valence-corrected chi connectivity index (χ1v) is 11.5. The summed E-state index contributed by atoms with van der Waals surface area (Å²) in [4.78, 5) is 27.4. The van der Waals surface area contributed by atoms with Crippen molar-refractivity contribution in [3.8, 4) is 22.6 Å². The number of pyridine rings is 1. The molecule has 0 radical (unpaired) electrons. The fourth-order valence-electron chi connectivity index (χ4n) is 3.49. The van der Waals surface area contributed by atoms with Gasteiger partial charge in [0.2, 0.25) is 0 Å². The number of nitrogens with zero attached hydrogens (tertiary/aromatic N) is 2. The van der Waals surface area contributed by atoms with Crippen molar-refractivity contribution in [2.24, 2.45) is 11.4 Å². The number of benzene rings is 2. The normalized spacial score (nSPS) is 12.3. The summed E-state index contributed by atoms with van der Waals surface area (Å²) in [5.41, 5.74) is 1.96. The third-order valence-corrected chi connectivity index (χ3v) is 6.72. The highest BCUT2D eigenvalue weighted by molar-refractivity contribution is 8.02. The van der Waals surface area contributed by atoms with E-state index in [4.69, 9.17) is 4.74 Å². The van der Waals surface area contributed by atoms with E-state index in [1.54, 1.807) is 43.7 Å². The predicted molar refractivity (Wildman–Crippen MR) is 126 cm³/mol. The van der Waals surface area contributed by atoms with E-state index in [9.17, 15) is 18.4 Å². The van der Waals surface area contributed by atoms with E-state index < -0.39 is 22.3 Å². The van der Waals surface area contributed by atoms with Crippen LogP contribution in [0.15, 0.2) is 64.0 Å². The van der Waals surface area contributed by atoms with Crippen LogP contribution in [0.3, 0.4) is 0 Å². The molecule has 0 aliphatic rings. The lowest BCUT2D eigenvalue weighted by Gasteiger charge is -2.15. The fraction of sp³-hybridized carbons (Fsp3) is 0.167. The number of aromatic nitrogens is 2. The number of rotatable bonds is 5. The third kappa shape index (κ3) is 4.49. The smallest absolute Gasteiger partial charge is 0.274 e. The summed E-state index contributed by atoms with van der Waals surface area (Å²) in [5.74, 6) is -0.830. The second kappa shape index (κ2) is 9.11. The number of carbonyl (C=O) groups is 1. The van der Waals surface area contributed by atoms with Crippen molar-refractivity contribution in [2.45, 2.75) is 13.8 Å². The number of H-pyrrole nitrogens is 1. The average Bonchev–Trinajstić information content (AvgIpc) is 3.27. The zero-order valence-electron chi connectivity index (χ0n) is 18.2. The molecule has 1 unspecified atom stereocenters. The molecule has 0 aliphatic heterocycles. The molecule has 0 bridgehead atoms. The lowest BCUT2D eigenvalue weighted by Crippen LogP contribution is -2.16. The van der Waals surface area contributed by atoms with E-state index in [1.165, 1.54) is 17.6 Å². The molecule has 0 saturated heterocycles. The van der Waals surface area contributed by atoms with E-state index in [0.29, 0.717) is 39.2 Å². The van der Waals surface area contributed by atoms with Crippen LogP contribution in [0.2, 0.25) is 0 Å². The first-order valence-electron chi connectivity index (χ1n) is 10.2. The van der Waals surface area contributed by atoms with Crippen molar-refractivity contribution >= 4 is 32.4 Å². The Hall–Kier alpha value is -3.59. The van der Waals surface area contributed by atoms with Crippen molar-refractivity contribution in [1.29, 1.82) is 0 Å². The van der Waals surface area contributed by atoms with Gasteiger partial charge in [0, 0.05) is 54.7 Å². The van der Waals surface area contributed by atoms with Gasteiger partial charge in [-0.2, -0.15) is 0 Å². The molecule has 0 aliphatic carbocycles. The molecule has 170 valence electrons. The van der Waals surface area contributed by atoms with E-state index in [2.05, 4.69) is 9.35 Å². The van der Waals surface area contributed by atoms with Gasteiger partial charge < -0.3 is 14.3 Å². The van der Waals surface area contributed by atoms with Gasteiger partial charge in [-0.15, -0.1) is 0 Å². The summed E-state index contributed by atoms with van der Waals surface area (Å²) in [6.45, 7) is 3.39. The zero-order valence-corrected chi connectivity index (χ0v) is 19.0. The van der Waals surface area contributed by atoms with Crippen LogP contribution in [0, 0.1) is 11.6 Å². The van der Waals surface area contributed by atoms with Gasteiger partial charge in [-0.05, 0) is 47.1 Å². The van der Waals surface area contributed by atoms with Crippen molar-refractivity contribution in [1.82, 2.24) is 9.55 Å². The highest BCUT2D eigenvalue weighted by Gasteiger charge is 2.17. The Labute approximate surface area is 190 Å². The number of ether oxygens (including phenoxy) is 1. The molecule has 2 heterocycles. The molecule has 9 heteroatoms. The minimum atomic E-state index is -0.842. The maximum Gasteiger partial charge on any atom is 0.274 e. The topological polar surface area (TPSA) is 76.5 Å². The van der Waals surface area contributed by atoms with Crippen molar-refractivity contribution in [3.63, 3.8) is 0 Å². The molecular formula is C24H21F2N3O3S. The van der Waals surface area contributed by atoms with Crippen LogP contribution in [-0.4, -0.2) is 20.4 Å². The molecule has 33 heavy (non-hydrogen) atoms. The fourth-order valence-corrected chi connectivity index (χ4v) is 4.53. The number of nitrogens with one attached hydrogen (secondary N) is 1. The van der Waals surface area contributed by atoms with Gasteiger partial charge in [0.25, 0.3) is 5.56 Å². The summed E-state index contributed by atoms with van der Waals surface area (Å²) in [5, 5.41) is 0.628. The van der Waals surface area contributed by atoms with Crippen LogP contribution in [0.4, 0.5) is 14.5 Å². The molecule has 1 N–H and O–H groups in total. The van der Waals surface area contributed by atoms with Gasteiger partial charge in [-0.3, -0.25) is 9.59 Å². The van der Waals surface area contributed by atoms with Crippen molar-refractivity contribution < 1.29 is 18.3 Å². The summed E-state index contributed by atoms with van der Waals surface area (Å²) >= 11 is 0. The molecule has 4 rings (SSSR count). The molecule has 0 spiro atoms. The highest BCUT2D eigenvalue weighted by atomic mass is 32.2. The summed E-state index contributed by atoms with van der Waals surface area (Å²) in [7, 11) is 0.835. The molecule has 2 aromatic carbocycles. The average molecular weight is 470 g/mol. The van der Waals surface area contributed by atoms with E-state index in [0.717, 1.165) is 12.1 Å². The largest absolute Gasteiger partial charge is 0.454 e. The number of hydrogen-bond donors (Lipinski definition) is 1. The van der Waals surface area contributed by atoms with Crippen LogP contribution in [-0.2, 0) is 22.5 Å². The Kier molecular flexibility index (Phi) is 6.24. The quantitative estimate of drug-likeness (QED) is 0.413. The van der Waals surface area contributed by atoms with Gasteiger partial charge in [-0.1, -0.05) is 6.92 Å². The molecule has 1 atom stereocenters. The van der Waals surface area contributed by atoms with Crippen molar-refractivity contribution in [3.05, 3.63) is 76.8 Å². The summed E-state index contributed by atoms with van der Waals surface area (Å²) in [6.07, 6.45) is 3.32. The maximum atomic E-state index is 14.3. The molecule has 2 aromatic heterocycles. The summed E-state index contributed by atoms with van der Waals surface area (Å²) < 4.78 is 39.5. The molecule has 4 aromatic rings. The summed E-state index contributed by atoms with van der Waals surface area (Å²) in [6, 6.07) is 9.87. The second-order valence-electron chi connectivity index (χ2n) is 7.32. The number of aromatic amines is 1. The van der Waals surface area contributed by atoms with Gasteiger partial charge in [0.05, 0.1) is 5.69 Å². The molecule has 0 amide bonds. The van der Waals surface area contributed by atoms with Crippen molar-refractivity contribution in [2.75, 3.05) is 5.75 Å². The monoisotopic (exact) mass is 469 g/mol. The number of hydrogen-bond acceptors (Lipinski definition) is 4. The third-order valence-electron chi connectivity index (χ3n) is 5.08. The minimum absolute atomic E-state index is 0.0251. The molecule has 0 saturated carbocycles. The zero-order chi connectivity index (χ0) is 23.7.